The molecule has 0 aliphatic heterocycles. The number of hydrogen-bond donors (Lipinski definition) is 1. The van der Waals surface area contributed by atoms with Crippen molar-refractivity contribution < 1.29 is 19.0 Å². The molecule has 0 saturated carbocycles. The molecule has 0 unspecified atom stereocenters. The van der Waals surface area contributed by atoms with E-state index in [-0.39, 0.29) is 17.5 Å². The fourth-order valence-electron chi connectivity index (χ4n) is 1.31. The van der Waals surface area contributed by atoms with Gasteiger partial charge in [0.2, 0.25) is 5.88 Å². The van der Waals surface area contributed by atoms with Crippen LogP contribution in [0.25, 0.3) is 0 Å². The predicted molar refractivity (Wildman–Crippen MR) is 61.2 cm³/mol. The first kappa shape index (κ1) is 13.7. The second-order valence-electron chi connectivity index (χ2n) is 3.48. The molecular formula is C11H13ClFNO3. The lowest BCUT2D eigenvalue weighted by atomic mass is 10.2. The van der Waals surface area contributed by atoms with E-state index in [0.717, 1.165) is 6.07 Å². The van der Waals surface area contributed by atoms with Gasteiger partial charge in [0.25, 0.3) is 0 Å². The van der Waals surface area contributed by atoms with Crippen molar-refractivity contribution in [2.45, 2.75) is 32.8 Å². The third-order valence-corrected chi connectivity index (χ3v) is 2.58. The maximum absolute atomic E-state index is 13.1. The summed E-state index contributed by atoms with van der Waals surface area (Å²) in [5.41, 5.74) is -0.321. The van der Waals surface area contributed by atoms with Crippen molar-refractivity contribution in [1.29, 1.82) is 0 Å². The number of ether oxygens (including phenoxy) is 1. The molecule has 0 aromatic carbocycles. The highest BCUT2D eigenvalue weighted by Gasteiger charge is 2.19. The summed E-state index contributed by atoms with van der Waals surface area (Å²) in [5.74, 6) is -2.31. The number of pyridine rings is 1. The average molecular weight is 262 g/mol. The van der Waals surface area contributed by atoms with E-state index in [9.17, 15) is 9.18 Å². The van der Waals surface area contributed by atoms with Crippen LogP contribution in [0.3, 0.4) is 0 Å². The molecule has 0 aliphatic carbocycles. The zero-order valence-electron chi connectivity index (χ0n) is 9.54. The van der Waals surface area contributed by atoms with Crippen LogP contribution in [0.1, 0.15) is 37.0 Å². The zero-order valence-corrected chi connectivity index (χ0v) is 10.3. The van der Waals surface area contributed by atoms with Gasteiger partial charge in [-0.2, -0.15) is 4.98 Å². The molecule has 94 valence electrons. The van der Waals surface area contributed by atoms with Gasteiger partial charge >= 0.3 is 5.97 Å². The fourth-order valence-corrected chi connectivity index (χ4v) is 1.44. The van der Waals surface area contributed by atoms with Gasteiger partial charge in [0.15, 0.2) is 11.0 Å². The quantitative estimate of drug-likeness (QED) is 0.827. The van der Waals surface area contributed by atoms with Crippen molar-refractivity contribution in [2.75, 3.05) is 0 Å². The number of carboxylic acids is 1. The number of carboxylic acid groups (broad SMARTS) is 1. The van der Waals surface area contributed by atoms with Crippen LogP contribution in [0.4, 0.5) is 4.39 Å². The first-order valence-corrected chi connectivity index (χ1v) is 5.63. The van der Waals surface area contributed by atoms with Crippen LogP contribution >= 0.6 is 11.6 Å². The molecule has 1 rings (SSSR count). The first-order chi connectivity index (χ1) is 7.99. The van der Waals surface area contributed by atoms with E-state index >= 15 is 0 Å². The molecule has 0 amide bonds. The van der Waals surface area contributed by atoms with E-state index in [1.54, 1.807) is 0 Å². The summed E-state index contributed by atoms with van der Waals surface area (Å²) in [6.07, 6.45) is 1.24. The van der Waals surface area contributed by atoms with Gasteiger partial charge in [0.1, 0.15) is 5.56 Å². The predicted octanol–water partition coefficient (Wildman–Crippen LogP) is 3.14. The van der Waals surface area contributed by atoms with Crippen LogP contribution in [0.5, 0.6) is 5.88 Å². The smallest absolute Gasteiger partial charge is 0.341 e. The Bertz CT molecular complexity index is 421. The SMILES string of the molecule is CCC(CC)Oc1nc(Cl)c(F)cc1C(=O)O. The van der Waals surface area contributed by atoms with Gasteiger partial charge < -0.3 is 9.84 Å². The summed E-state index contributed by atoms with van der Waals surface area (Å²) in [4.78, 5) is 14.5. The van der Waals surface area contributed by atoms with Crippen LogP contribution < -0.4 is 4.74 Å². The topological polar surface area (TPSA) is 59.4 Å². The van der Waals surface area contributed by atoms with Crippen LogP contribution in [0.2, 0.25) is 5.15 Å². The highest BCUT2D eigenvalue weighted by Crippen LogP contribution is 2.24. The largest absolute Gasteiger partial charge is 0.477 e. The maximum atomic E-state index is 13.1. The van der Waals surface area contributed by atoms with Gasteiger partial charge in [0.05, 0.1) is 6.10 Å². The van der Waals surface area contributed by atoms with Gasteiger partial charge in [-0.3, -0.25) is 0 Å². The molecule has 0 fully saturated rings. The Morgan fingerprint density at radius 2 is 2.18 bits per heavy atom. The highest BCUT2D eigenvalue weighted by molar-refractivity contribution is 6.29. The molecule has 17 heavy (non-hydrogen) atoms. The Morgan fingerprint density at radius 3 is 2.65 bits per heavy atom. The van der Waals surface area contributed by atoms with E-state index in [1.165, 1.54) is 0 Å². The molecule has 0 bridgehead atoms. The van der Waals surface area contributed by atoms with E-state index in [0.29, 0.717) is 12.8 Å². The highest BCUT2D eigenvalue weighted by atomic mass is 35.5. The number of rotatable bonds is 5. The van der Waals surface area contributed by atoms with Crippen LogP contribution in [0, 0.1) is 5.82 Å². The minimum atomic E-state index is -1.30. The lowest BCUT2D eigenvalue weighted by Crippen LogP contribution is -2.17. The Labute approximate surface area is 103 Å². The van der Waals surface area contributed by atoms with Crippen molar-refractivity contribution in [2.24, 2.45) is 0 Å². The molecule has 1 heterocycles. The third kappa shape index (κ3) is 3.30. The summed E-state index contributed by atoms with van der Waals surface area (Å²) >= 11 is 5.50. The normalized spacial score (nSPS) is 10.6. The summed E-state index contributed by atoms with van der Waals surface area (Å²) < 4.78 is 18.5. The average Bonchev–Trinajstić information content (AvgIpc) is 2.29. The standard InChI is InChI=1S/C11H13ClFNO3/c1-3-6(4-2)17-10-7(11(15)16)5-8(13)9(12)14-10/h5-6H,3-4H2,1-2H3,(H,15,16). The number of carbonyl (C=O) groups is 1. The number of halogens is 2. The molecule has 4 nitrogen and oxygen atoms in total. The second-order valence-corrected chi connectivity index (χ2v) is 3.83. The van der Waals surface area contributed by atoms with Crippen LogP contribution in [0.15, 0.2) is 6.07 Å². The number of hydrogen-bond acceptors (Lipinski definition) is 3. The molecule has 0 aliphatic rings. The second kappa shape index (κ2) is 5.82. The molecule has 0 radical (unpaired) electrons. The maximum Gasteiger partial charge on any atom is 0.341 e. The van der Waals surface area contributed by atoms with E-state index in [4.69, 9.17) is 21.4 Å². The van der Waals surface area contributed by atoms with E-state index < -0.39 is 16.9 Å². The van der Waals surface area contributed by atoms with Crippen LogP contribution in [-0.4, -0.2) is 22.2 Å². The fraction of sp³-hybridized carbons (Fsp3) is 0.455. The third-order valence-electron chi connectivity index (χ3n) is 2.32. The Morgan fingerprint density at radius 1 is 1.59 bits per heavy atom. The number of aromatic nitrogens is 1. The molecule has 1 aromatic rings. The van der Waals surface area contributed by atoms with Crippen molar-refractivity contribution in [3.63, 3.8) is 0 Å². The van der Waals surface area contributed by atoms with Crippen LogP contribution in [-0.2, 0) is 0 Å². The van der Waals surface area contributed by atoms with Crippen molar-refractivity contribution in [3.05, 3.63) is 22.6 Å². The summed E-state index contributed by atoms with van der Waals surface area (Å²) in [6, 6.07) is 0.815. The molecule has 0 saturated heterocycles. The molecule has 0 atom stereocenters. The van der Waals surface area contributed by atoms with Gasteiger partial charge in [-0.1, -0.05) is 25.4 Å². The first-order valence-electron chi connectivity index (χ1n) is 5.25. The van der Waals surface area contributed by atoms with Crippen molar-refractivity contribution in [1.82, 2.24) is 4.98 Å². The van der Waals surface area contributed by atoms with E-state index in [1.807, 2.05) is 13.8 Å². The Kier molecular flexibility index (Phi) is 4.69. The molecule has 1 N–H and O–H groups in total. The Hall–Kier alpha value is -1.36. The molecule has 0 spiro atoms. The zero-order chi connectivity index (χ0) is 13.0. The van der Waals surface area contributed by atoms with Gasteiger partial charge in [-0.05, 0) is 18.9 Å². The summed E-state index contributed by atoms with van der Waals surface area (Å²) in [7, 11) is 0. The minimum absolute atomic E-state index is 0.141. The molecular weight excluding hydrogens is 249 g/mol. The lowest BCUT2D eigenvalue weighted by Gasteiger charge is -2.16. The monoisotopic (exact) mass is 261 g/mol. The number of aromatic carboxylic acids is 1. The van der Waals surface area contributed by atoms with Gasteiger partial charge in [-0.25, -0.2) is 9.18 Å². The van der Waals surface area contributed by atoms with Gasteiger partial charge in [-0.15, -0.1) is 0 Å². The van der Waals surface area contributed by atoms with Crippen molar-refractivity contribution >= 4 is 17.6 Å². The number of nitrogens with zero attached hydrogens (tertiary/aromatic N) is 1. The van der Waals surface area contributed by atoms with E-state index in [2.05, 4.69) is 4.98 Å². The minimum Gasteiger partial charge on any atom is -0.477 e. The van der Waals surface area contributed by atoms with Crippen molar-refractivity contribution in [3.8, 4) is 5.88 Å². The Balaban J connectivity index is 3.12. The van der Waals surface area contributed by atoms with Gasteiger partial charge in [0, 0.05) is 0 Å². The summed E-state index contributed by atoms with van der Waals surface area (Å²) in [6.45, 7) is 3.81. The molecule has 6 heteroatoms. The lowest BCUT2D eigenvalue weighted by molar-refractivity contribution is 0.0686. The summed E-state index contributed by atoms with van der Waals surface area (Å²) in [5, 5.41) is 8.52. The molecule has 1 aromatic heterocycles.